The summed E-state index contributed by atoms with van der Waals surface area (Å²) >= 11 is 1.54. The Hall–Kier alpha value is -0.580. The fourth-order valence-electron chi connectivity index (χ4n) is 2.08. The summed E-state index contributed by atoms with van der Waals surface area (Å²) < 4.78 is 0. The number of aryl methyl sites for hydroxylation is 1. The third-order valence-corrected chi connectivity index (χ3v) is 4.20. The van der Waals surface area contributed by atoms with Crippen LogP contribution in [0.4, 0.5) is 0 Å². The highest BCUT2D eigenvalue weighted by Gasteiger charge is 2.24. The van der Waals surface area contributed by atoms with Crippen LogP contribution in [0.3, 0.4) is 0 Å². The zero-order valence-corrected chi connectivity index (χ0v) is 11.9. The van der Waals surface area contributed by atoms with Crippen LogP contribution in [0.15, 0.2) is 11.4 Å². The molecule has 1 atom stereocenters. The average Bonchev–Trinajstić information content (AvgIpc) is 2.75. The van der Waals surface area contributed by atoms with Crippen LogP contribution in [0.2, 0.25) is 0 Å². The molecule has 3 nitrogen and oxygen atoms in total. The first-order valence-electron chi connectivity index (χ1n) is 5.72. The Morgan fingerprint density at radius 2 is 2.35 bits per heavy atom. The number of carbonyl (C=O) groups excluding carboxylic acids is 1. The molecule has 0 bridgehead atoms. The minimum Gasteiger partial charge on any atom is -0.337 e. The molecule has 2 heterocycles. The molecule has 5 heteroatoms. The molecule has 1 saturated heterocycles. The molecule has 17 heavy (non-hydrogen) atoms. The van der Waals surface area contributed by atoms with Gasteiger partial charge in [0.25, 0.3) is 5.91 Å². The zero-order chi connectivity index (χ0) is 11.5. The lowest BCUT2D eigenvalue weighted by molar-refractivity contribution is 0.0712. The maximum absolute atomic E-state index is 12.2. The smallest absolute Gasteiger partial charge is 0.264 e. The van der Waals surface area contributed by atoms with Gasteiger partial charge in [-0.05, 0) is 43.3 Å². The number of halogens is 1. The third kappa shape index (κ3) is 3.21. The fraction of sp³-hybridized carbons (Fsp3) is 0.583. The number of nitrogens with zero attached hydrogens (tertiary/aromatic N) is 1. The molecule has 0 unspecified atom stereocenters. The van der Waals surface area contributed by atoms with Gasteiger partial charge in [0.1, 0.15) is 0 Å². The van der Waals surface area contributed by atoms with Crippen molar-refractivity contribution in [2.75, 3.05) is 20.1 Å². The summed E-state index contributed by atoms with van der Waals surface area (Å²) in [5.74, 6) is 0.168. The summed E-state index contributed by atoms with van der Waals surface area (Å²) in [6, 6.07) is 2.35. The van der Waals surface area contributed by atoms with Gasteiger partial charge < -0.3 is 10.2 Å². The van der Waals surface area contributed by atoms with Gasteiger partial charge >= 0.3 is 0 Å². The van der Waals surface area contributed by atoms with E-state index in [0.717, 1.165) is 36.4 Å². The molecule has 0 aliphatic carbocycles. The van der Waals surface area contributed by atoms with Gasteiger partial charge in [0.05, 0.1) is 4.88 Å². The predicted octanol–water partition coefficient (Wildman–Crippen LogP) is 2.30. The Morgan fingerprint density at radius 1 is 1.59 bits per heavy atom. The van der Waals surface area contributed by atoms with Gasteiger partial charge in [0, 0.05) is 19.6 Å². The van der Waals surface area contributed by atoms with Crippen LogP contribution in [-0.2, 0) is 0 Å². The normalized spacial score (nSPS) is 19.5. The summed E-state index contributed by atoms with van der Waals surface area (Å²) in [6.45, 7) is 4.00. The minimum absolute atomic E-state index is 0. The number of piperidine rings is 1. The molecule has 0 radical (unpaired) electrons. The first-order chi connectivity index (χ1) is 7.70. The number of hydrogen-bond acceptors (Lipinski definition) is 3. The Labute approximate surface area is 113 Å². The average molecular weight is 275 g/mol. The summed E-state index contributed by atoms with van der Waals surface area (Å²) in [7, 11) is 1.92. The van der Waals surface area contributed by atoms with Gasteiger partial charge in [-0.2, -0.15) is 0 Å². The topological polar surface area (TPSA) is 32.3 Å². The van der Waals surface area contributed by atoms with Crippen molar-refractivity contribution in [3.63, 3.8) is 0 Å². The Balaban J connectivity index is 0.00000144. The van der Waals surface area contributed by atoms with Crippen LogP contribution in [0.1, 0.15) is 28.1 Å². The van der Waals surface area contributed by atoms with Crippen molar-refractivity contribution in [3.05, 3.63) is 21.9 Å². The van der Waals surface area contributed by atoms with Gasteiger partial charge in [0.15, 0.2) is 0 Å². The second kappa shape index (κ2) is 6.38. The molecule has 96 valence electrons. The Morgan fingerprint density at radius 3 is 2.88 bits per heavy atom. The molecule has 1 aliphatic rings. The van der Waals surface area contributed by atoms with Crippen molar-refractivity contribution in [2.24, 2.45) is 0 Å². The van der Waals surface area contributed by atoms with E-state index in [1.165, 1.54) is 11.3 Å². The minimum atomic E-state index is 0. The lowest BCUT2D eigenvalue weighted by Gasteiger charge is -2.31. The molecule has 1 fully saturated rings. The Bertz CT molecular complexity index is 374. The van der Waals surface area contributed by atoms with Crippen LogP contribution < -0.4 is 5.32 Å². The van der Waals surface area contributed by atoms with Crippen molar-refractivity contribution in [1.82, 2.24) is 10.2 Å². The second-order valence-corrected chi connectivity index (χ2v) is 5.27. The van der Waals surface area contributed by atoms with Crippen molar-refractivity contribution in [3.8, 4) is 0 Å². The third-order valence-electron chi connectivity index (χ3n) is 3.20. The van der Waals surface area contributed by atoms with E-state index in [1.54, 1.807) is 0 Å². The fourth-order valence-corrected chi connectivity index (χ4v) is 2.99. The van der Waals surface area contributed by atoms with Crippen LogP contribution in [0.25, 0.3) is 0 Å². The molecule has 2 rings (SSSR count). The molecule has 1 aromatic rings. The van der Waals surface area contributed by atoms with Crippen molar-refractivity contribution >= 4 is 29.7 Å². The molecule has 0 spiro atoms. The van der Waals surface area contributed by atoms with Crippen LogP contribution in [0, 0.1) is 6.92 Å². The van der Waals surface area contributed by atoms with Gasteiger partial charge in [-0.25, -0.2) is 0 Å². The molecule has 1 aliphatic heterocycles. The van der Waals surface area contributed by atoms with Crippen LogP contribution in [-0.4, -0.2) is 37.0 Å². The van der Waals surface area contributed by atoms with Crippen molar-refractivity contribution in [1.29, 1.82) is 0 Å². The number of nitrogens with one attached hydrogen (secondary N) is 1. The molecule has 1 aromatic heterocycles. The molecule has 0 saturated carbocycles. The van der Waals surface area contributed by atoms with Gasteiger partial charge in [-0.1, -0.05) is 0 Å². The van der Waals surface area contributed by atoms with E-state index < -0.39 is 0 Å². The standard InChI is InChI=1S/C12H18N2OS.ClH/c1-9-5-7-16-11(9)12(15)14(2)10-4-3-6-13-8-10;/h5,7,10,13H,3-4,6,8H2,1-2H3;1H/t10-;/m0./s1. The zero-order valence-electron chi connectivity index (χ0n) is 10.2. The van der Waals surface area contributed by atoms with E-state index in [-0.39, 0.29) is 18.3 Å². The number of rotatable bonds is 2. The number of likely N-dealkylation sites (N-methyl/N-ethyl adjacent to an activating group) is 1. The Kier molecular flexibility index (Phi) is 5.43. The lowest BCUT2D eigenvalue weighted by atomic mass is 10.1. The summed E-state index contributed by atoms with van der Waals surface area (Å²) in [5.41, 5.74) is 1.09. The highest BCUT2D eigenvalue weighted by atomic mass is 35.5. The first kappa shape index (κ1) is 14.5. The molecular weight excluding hydrogens is 256 g/mol. The van der Waals surface area contributed by atoms with E-state index in [1.807, 2.05) is 30.3 Å². The van der Waals surface area contributed by atoms with Crippen LogP contribution in [0.5, 0.6) is 0 Å². The number of thiophene rings is 1. The molecule has 1 amide bonds. The quantitative estimate of drug-likeness (QED) is 0.898. The van der Waals surface area contributed by atoms with E-state index in [0.29, 0.717) is 6.04 Å². The van der Waals surface area contributed by atoms with Crippen LogP contribution >= 0.6 is 23.7 Å². The number of hydrogen-bond donors (Lipinski definition) is 1. The molecule has 0 aromatic carbocycles. The first-order valence-corrected chi connectivity index (χ1v) is 6.60. The largest absolute Gasteiger partial charge is 0.337 e. The summed E-state index contributed by atoms with van der Waals surface area (Å²) in [5, 5.41) is 5.32. The van der Waals surface area contributed by atoms with Crippen molar-refractivity contribution in [2.45, 2.75) is 25.8 Å². The number of carbonyl (C=O) groups is 1. The second-order valence-electron chi connectivity index (χ2n) is 4.35. The molecule has 1 N–H and O–H groups in total. The highest BCUT2D eigenvalue weighted by Crippen LogP contribution is 2.19. The van der Waals surface area contributed by atoms with E-state index in [2.05, 4.69) is 5.32 Å². The summed E-state index contributed by atoms with van der Waals surface area (Å²) in [4.78, 5) is 15.0. The molecular formula is C12H19ClN2OS. The SMILES string of the molecule is Cc1ccsc1C(=O)N(C)[C@H]1CCCNC1.Cl. The van der Waals surface area contributed by atoms with Crippen molar-refractivity contribution < 1.29 is 4.79 Å². The lowest BCUT2D eigenvalue weighted by Crippen LogP contribution is -2.46. The maximum atomic E-state index is 12.2. The predicted molar refractivity (Wildman–Crippen MR) is 74.3 cm³/mol. The number of amides is 1. The van der Waals surface area contributed by atoms with E-state index in [4.69, 9.17) is 0 Å². The van der Waals surface area contributed by atoms with E-state index in [9.17, 15) is 4.79 Å². The van der Waals surface area contributed by atoms with Gasteiger partial charge in [-0.3, -0.25) is 4.79 Å². The maximum Gasteiger partial charge on any atom is 0.264 e. The van der Waals surface area contributed by atoms with Gasteiger partial charge in [0.2, 0.25) is 0 Å². The monoisotopic (exact) mass is 274 g/mol. The van der Waals surface area contributed by atoms with E-state index >= 15 is 0 Å². The van der Waals surface area contributed by atoms with Gasteiger partial charge in [-0.15, -0.1) is 23.7 Å². The highest BCUT2D eigenvalue weighted by molar-refractivity contribution is 7.12. The summed E-state index contributed by atoms with van der Waals surface area (Å²) in [6.07, 6.45) is 2.27.